The summed E-state index contributed by atoms with van der Waals surface area (Å²) in [6, 6.07) is 8.96. The van der Waals surface area contributed by atoms with Crippen LogP contribution in [0.2, 0.25) is 5.02 Å². The fraction of sp³-hybridized carbons (Fsp3) is 0.143. The summed E-state index contributed by atoms with van der Waals surface area (Å²) in [5, 5.41) is 8.91. The minimum atomic E-state index is -3.73. The van der Waals surface area contributed by atoms with E-state index in [4.69, 9.17) is 16.9 Å². The molecule has 0 aliphatic rings. The standard InChI is InChI=1S/C14H12ClN3O2S/c1-10(12-3-2-6-17-9-12)18-21(19,20)13-5-4-11(8-16)14(15)7-13/h2-7,9-10,18H,1H3/t10-/m1/s1. The van der Waals surface area contributed by atoms with Crippen LogP contribution in [-0.2, 0) is 10.0 Å². The van der Waals surface area contributed by atoms with Crippen LogP contribution in [0.5, 0.6) is 0 Å². The second-order valence-corrected chi connectivity index (χ2v) is 6.50. The molecule has 1 aromatic carbocycles. The summed E-state index contributed by atoms with van der Waals surface area (Å²) in [4.78, 5) is 3.97. The number of nitrogens with zero attached hydrogens (tertiary/aromatic N) is 2. The SMILES string of the molecule is C[C@@H](NS(=O)(=O)c1ccc(C#N)c(Cl)c1)c1cccnc1. The van der Waals surface area contributed by atoms with Gasteiger partial charge >= 0.3 is 0 Å². The molecular weight excluding hydrogens is 310 g/mol. The molecule has 0 amide bonds. The molecule has 0 aliphatic heterocycles. The van der Waals surface area contributed by atoms with Crippen molar-refractivity contribution in [1.82, 2.24) is 9.71 Å². The van der Waals surface area contributed by atoms with E-state index in [0.29, 0.717) is 0 Å². The number of benzene rings is 1. The Balaban J connectivity index is 2.27. The van der Waals surface area contributed by atoms with E-state index in [1.807, 2.05) is 6.07 Å². The average molecular weight is 322 g/mol. The van der Waals surface area contributed by atoms with Crippen LogP contribution >= 0.6 is 11.6 Å². The van der Waals surface area contributed by atoms with Crippen LogP contribution in [0.1, 0.15) is 24.1 Å². The number of halogens is 1. The summed E-state index contributed by atoms with van der Waals surface area (Å²) < 4.78 is 27.1. The van der Waals surface area contributed by atoms with Gasteiger partial charge in [0, 0.05) is 18.4 Å². The molecule has 1 heterocycles. The third-order valence-corrected chi connectivity index (χ3v) is 4.74. The van der Waals surface area contributed by atoms with Crippen LogP contribution in [0.15, 0.2) is 47.6 Å². The Bertz CT molecular complexity index is 786. The topological polar surface area (TPSA) is 82.9 Å². The van der Waals surface area contributed by atoms with E-state index in [2.05, 4.69) is 9.71 Å². The highest BCUT2D eigenvalue weighted by atomic mass is 35.5. The van der Waals surface area contributed by atoms with Gasteiger partial charge < -0.3 is 0 Å². The zero-order chi connectivity index (χ0) is 15.5. The normalized spacial score (nSPS) is 12.6. The van der Waals surface area contributed by atoms with E-state index in [-0.39, 0.29) is 15.5 Å². The van der Waals surface area contributed by atoms with E-state index in [1.54, 1.807) is 31.5 Å². The number of hydrogen-bond donors (Lipinski definition) is 1. The molecule has 0 radical (unpaired) electrons. The van der Waals surface area contributed by atoms with Crippen LogP contribution in [-0.4, -0.2) is 13.4 Å². The molecule has 1 aromatic heterocycles. The molecule has 2 rings (SSSR count). The summed E-state index contributed by atoms with van der Waals surface area (Å²) in [5.41, 5.74) is 0.983. The Morgan fingerprint density at radius 2 is 2.14 bits per heavy atom. The van der Waals surface area contributed by atoms with E-state index in [9.17, 15) is 8.42 Å². The average Bonchev–Trinajstić information content (AvgIpc) is 2.47. The summed E-state index contributed by atoms with van der Waals surface area (Å²) in [6.45, 7) is 1.72. The Morgan fingerprint density at radius 1 is 1.38 bits per heavy atom. The molecular formula is C14H12ClN3O2S. The molecule has 21 heavy (non-hydrogen) atoms. The van der Waals surface area contributed by atoms with Crippen molar-refractivity contribution >= 4 is 21.6 Å². The first-order valence-electron chi connectivity index (χ1n) is 6.06. The third-order valence-electron chi connectivity index (χ3n) is 2.89. The molecule has 1 N–H and O–H groups in total. The van der Waals surface area contributed by atoms with Crippen LogP contribution in [0.4, 0.5) is 0 Å². The van der Waals surface area contributed by atoms with E-state index in [0.717, 1.165) is 5.56 Å². The lowest BCUT2D eigenvalue weighted by atomic mass is 10.2. The Labute approximate surface area is 128 Å². The van der Waals surface area contributed by atoms with Crippen LogP contribution < -0.4 is 4.72 Å². The highest BCUT2D eigenvalue weighted by Gasteiger charge is 2.19. The second kappa shape index (κ2) is 6.22. The number of aromatic nitrogens is 1. The number of nitriles is 1. The molecule has 0 unspecified atom stereocenters. The van der Waals surface area contributed by atoms with Gasteiger partial charge in [0.1, 0.15) is 6.07 Å². The molecule has 7 heteroatoms. The fourth-order valence-electron chi connectivity index (χ4n) is 1.75. The lowest BCUT2D eigenvalue weighted by Gasteiger charge is -2.14. The molecule has 0 bridgehead atoms. The maximum atomic E-state index is 12.3. The molecule has 0 saturated heterocycles. The number of nitrogens with one attached hydrogen (secondary N) is 1. The molecule has 2 aromatic rings. The van der Waals surface area contributed by atoms with Crippen molar-refractivity contribution < 1.29 is 8.42 Å². The van der Waals surface area contributed by atoms with Gasteiger partial charge in [-0.3, -0.25) is 4.98 Å². The lowest BCUT2D eigenvalue weighted by Crippen LogP contribution is -2.27. The summed E-state index contributed by atoms with van der Waals surface area (Å²) in [7, 11) is -3.73. The predicted octanol–water partition coefficient (Wildman–Crippen LogP) is 2.65. The van der Waals surface area contributed by atoms with Gasteiger partial charge in [-0.2, -0.15) is 5.26 Å². The minimum Gasteiger partial charge on any atom is -0.264 e. The van der Waals surface area contributed by atoms with Gasteiger partial charge in [0.15, 0.2) is 0 Å². The molecule has 0 fully saturated rings. The van der Waals surface area contributed by atoms with Crippen LogP contribution in [0.25, 0.3) is 0 Å². The number of sulfonamides is 1. The molecule has 5 nitrogen and oxygen atoms in total. The maximum absolute atomic E-state index is 12.3. The van der Waals surface area contributed by atoms with Gasteiger partial charge in [0.2, 0.25) is 10.0 Å². The summed E-state index contributed by atoms with van der Waals surface area (Å²) in [5.74, 6) is 0. The zero-order valence-electron chi connectivity index (χ0n) is 11.1. The number of pyridine rings is 1. The minimum absolute atomic E-state index is 0.0160. The van der Waals surface area contributed by atoms with Gasteiger partial charge in [-0.15, -0.1) is 0 Å². The molecule has 1 atom stereocenters. The first-order chi connectivity index (χ1) is 9.94. The van der Waals surface area contributed by atoms with Gasteiger partial charge in [0.05, 0.1) is 15.5 Å². The van der Waals surface area contributed by atoms with Crippen LogP contribution in [0.3, 0.4) is 0 Å². The van der Waals surface area contributed by atoms with Crippen molar-refractivity contribution in [3.63, 3.8) is 0 Å². The van der Waals surface area contributed by atoms with Gasteiger partial charge in [-0.1, -0.05) is 17.7 Å². The van der Waals surface area contributed by atoms with Gasteiger partial charge in [0.25, 0.3) is 0 Å². The first kappa shape index (κ1) is 15.4. The highest BCUT2D eigenvalue weighted by Crippen LogP contribution is 2.22. The molecule has 108 valence electrons. The van der Waals surface area contributed by atoms with Crippen molar-refractivity contribution in [3.8, 4) is 6.07 Å². The fourth-order valence-corrected chi connectivity index (χ4v) is 3.30. The van der Waals surface area contributed by atoms with Crippen molar-refractivity contribution in [3.05, 3.63) is 58.9 Å². The Kier molecular flexibility index (Phi) is 4.58. The quantitative estimate of drug-likeness (QED) is 0.938. The smallest absolute Gasteiger partial charge is 0.241 e. The van der Waals surface area contributed by atoms with Crippen LogP contribution in [0, 0.1) is 11.3 Å². The maximum Gasteiger partial charge on any atom is 0.241 e. The zero-order valence-corrected chi connectivity index (χ0v) is 12.7. The van der Waals surface area contributed by atoms with Crippen molar-refractivity contribution in [2.24, 2.45) is 0 Å². The highest BCUT2D eigenvalue weighted by molar-refractivity contribution is 7.89. The molecule has 0 saturated carbocycles. The lowest BCUT2D eigenvalue weighted by molar-refractivity contribution is 0.566. The largest absolute Gasteiger partial charge is 0.264 e. The van der Waals surface area contributed by atoms with E-state index < -0.39 is 16.1 Å². The third kappa shape index (κ3) is 3.58. The number of hydrogen-bond acceptors (Lipinski definition) is 4. The van der Waals surface area contributed by atoms with Crippen molar-refractivity contribution in [2.75, 3.05) is 0 Å². The van der Waals surface area contributed by atoms with E-state index >= 15 is 0 Å². The molecule has 0 spiro atoms. The van der Waals surface area contributed by atoms with Gasteiger partial charge in [-0.25, -0.2) is 13.1 Å². The second-order valence-electron chi connectivity index (χ2n) is 4.38. The number of rotatable bonds is 4. The van der Waals surface area contributed by atoms with Crippen molar-refractivity contribution in [1.29, 1.82) is 5.26 Å². The first-order valence-corrected chi connectivity index (χ1v) is 7.92. The predicted molar refractivity (Wildman–Crippen MR) is 79.1 cm³/mol. The van der Waals surface area contributed by atoms with Crippen molar-refractivity contribution in [2.45, 2.75) is 17.9 Å². The molecule has 0 aliphatic carbocycles. The monoisotopic (exact) mass is 321 g/mol. The Hall–Kier alpha value is -1.94. The summed E-state index contributed by atoms with van der Waals surface area (Å²) in [6.07, 6.45) is 3.21. The summed E-state index contributed by atoms with van der Waals surface area (Å²) >= 11 is 5.86. The Morgan fingerprint density at radius 3 is 2.71 bits per heavy atom. The van der Waals surface area contributed by atoms with E-state index in [1.165, 1.54) is 18.2 Å². The van der Waals surface area contributed by atoms with Gasteiger partial charge in [-0.05, 0) is 36.8 Å².